The lowest BCUT2D eigenvalue weighted by molar-refractivity contribution is 0.0537. The van der Waals surface area contributed by atoms with E-state index in [9.17, 15) is 5.11 Å². The molecule has 2 heterocycles. The molecular formula is C24H40N8O2. The maximum atomic E-state index is 10.0. The Balaban J connectivity index is 1.57. The second-order valence-electron chi connectivity index (χ2n) is 9.06. The van der Waals surface area contributed by atoms with E-state index in [2.05, 4.69) is 55.8 Å². The van der Waals surface area contributed by atoms with Crippen molar-refractivity contribution in [1.82, 2.24) is 34.4 Å². The van der Waals surface area contributed by atoms with Crippen LogP contribution in [0.4, 0.5) is 0 Å². The van der Waals surface area contributed by atoms with Gasteiger partial charge in [-0.3, -0.25) is 9.89 Å². The van der Waals surface area contributed by atoms with Crippen LogP contribution >= 0.6 is 0 Å². The zero-order chi connectivity index (χ0) is 24.5. The first-order valence-corrected chi connectivity index (χ1v) is 12.0. The number of likely N-dealkylation sites (N-methyl/N-ethyl adjacent to an activating group) is 2. The van der Waals surface area contributed by atoms with Gasteiger partial charge in [0, 0.05) is 45.8 Å². The molecule has 1 N–H and O–H groups in total. The highest BCUT2D eigenvalue weighted by atomic mass is 16.5. The van der Waals surface area contributed by atoms with Crippen LogP contribution in [-0.4, -0.2) is 126 Å². The molecule has 1 saturated heterocycles. The van der Waals surface area contributed by atoms with Gasteiger partial charge in [-0.1, -0.05) is 11.6 Å². The van der Waals surface area contributed by atoms with Crippen molar-refractivity contribution in [1.29, 1.82) is 0 Å². The molecule has 1 aromatic heterocycles. The number of nitrogens with zero attached hydrogens (tertiary/aromatic N) is 8. The summed E-state index contributed by atoms with van der Waals surface area (Å²) in [6.45, 7) is 8.50. The van der Waals surface area contributed by atoms with E-state index in [1.807, 2.05) is 19.1 Å². The lowest BCUT2D eigenvalue weighted by atomic mass is 10.1. The molecule has 2 aliphatic rings. The molecule has 0 bridgehead atoms. The van der Waals surface area contributed by atoms with Gasteiger partial charge in [0.25, 0.3) is 0 Å². The van der Waals surface area contributed by atoms with Crippen molar-refractivity contribution in [3.05, 3.63) is 48.0 Å². The lowest BCUT2D eigenvalue weighted by Crippen LogP contribution is -2.56. The molecule has 0 aromatic carbocycles. The molecule has 0 radical (unpaired) electrons. The fourth-order valence-corrected chi connectivity index (χ4v) is 4.44. The Hall–Kier alpha value is -2.69. The normalized spacial score (nSPS) is 20.6. The Kier molecular flexibility index (Phi) is 9.67. The summed E-state index contributed by atoms with van der Waals surface area (Å²) in [5, 5.41) is 14.3. The van der Waals surface area contributed by atoms with Crippen molar-refractivity contribution in [2.75, 3.05) is 74.2 Å². The summed E-state index contributed by atoms with van der Waals surface area (Å²) in [7, 11) is 8.02. The number of methoxy groups -OCH3 is 1. The maximum absolute atomic E-state index is 10.0. The third-order valence-electron chi connectivity index (χ3n) is 6.28. The van der Waals surface area contributed by atoms with Crippen molar-refractivity contribution in [3.63, 3.8) is 0 Å². The van der Waals surface area contributed by atoms with Crippen LogP contribution in [0.3, 0.4) is 0 Å². The minimum absolute atomic E-state index is 0.182. The van der Waals surface area contributed by atoms with Crippen LogP contribution in [0.25, 0.3) is 0 Å². The number of hydrogen-bond acceptors (Lipinski definition) is 8. The van der Waals surface area contributed by atoms with Gasteiger partial charge in [0.05, 0.1) is 13.8 Å². The fraction of sp³-hybridized carbons (Fsp3) is 0.625. The second kappa shape index (κ2) is 12.7. The number of piperazine rings is 1. The molecule has 10 heteroatoms. The quantitative estimate of drug-likeness (QED) is 0.429. The molecule has 1 unspecified atom stereocenters. The van der Waals surface area contributed by atoms with Crippen molar-refractivity contribution in [3.8, 4) is 0 Å². The van der Waals surface area contributed by atoms with E-state index in [-0.39, 0.29) is 5.76 Å². The molecule has 1 aliphatic heterocycles. The molecule has 10 nitrogen and oxygen atoms in total. The number of rotatable bonds is 9. The van der Waals surface area contributed by atoms with Gasteiger partial charge in [-0.15, -0.1) is 0 Å². The lowest BCUT2D eigenvalue weighted by Gasteiger charge is -2.42. The number of aliphatic hydroxyl groups is 1. The molecule has 188 valence electrons. The third-order valence-corrected chi connectivity index (χ3v) is 6.28. The summed E-state index contributed by atoms with van der Waals surface area (Å²) in [5.74, 6) is 1.53. The minimum atomic E-state index is 0.182. The van der Waals surface area contributed by atoms with Gasteiger partial charge in [0.2, 0.25) is 5.96 Å². The number of ether oxygens (including phenoxy) is 1. The summed E-state index contributed by atoms with van der Waals surface area (Å²) < 4.78 is 6.97. The van der Waals surface area contributed by atoms with Gasteiger partial charge in [-0.2, -0.15) is 9.78 Å². The molecule has 1 aromatic rings. The number of aromatic nitrogens is 3. The number of aliphatic imine (C=N–C) groups is 1. The summed E-state index contributed by atoms with van der Waals surface area (Å²) in [6.07, 6.45) is 10.8. The van der Waals surface area contributed by atoms with E-state index in [4.69, 9.17) is 4.74 Å². The predicted octanol–water partition coefficient (Wildman–Crippen LogP) is 1.63. The molecule has 34 heavy (non-hydrogen) atoms. The molecule has 1 aliphatic carbocycles. The summed E-state index contributed by atoms with van der Waals surface area (Å²) in [4.78, 5) is 18.2. The van der Waals surface area contributed by atoms with Gasteiger partial charge < -0.3 is 24.5 Å². The standard InChI is InChI=1S/C24H40N8O2/c1-6-26-24(32-18-25-17-27-32)30(4)19-31-14-13-29(3)16-21(31)11-12-28(2)15-20-7-9-22(33)23(34-5)10-8-20/h7,9-10,17-18,21,33H,6,8,11-16,19H2,1-5H3. The first kappa shape index (κ1) is 25.9. The zero-order valence-electron chi connectivity index (χ0n) is 21.3. The van der Waals surface area contributed by atoms with Crippen LogP contribution in [0.5, 0.6) is 0 Å². The highest BCUT2D eigenvalue weighted by Gasteiger charge is 2.27. The van der Waals surface area contributed by atoms with E-state index in [1.54, 1.807) is 30.5 Å². The molecule has 0 amide bonds. The fourth-order valence-electron chi connectivity index (χ4n) is 4.44. The number of hydrogen-bond donors (Lipinski definition) is 1. The summed E-state index contributed by atoms with van der Waals surface area (Å²) in [5.41, 5.74) is 1.26. The van der Waals surface area contributed by atoms with Crippen LogP contribution in [0.15, 0.2) is 53.0 Å². The van der Waals surface area contributed by atoms with Crippen molar-refractivity contribution in [2.24, 2.45) is 4.99 Å². The number of aliphatic hydroxyl groups excluding tert-OH is 1. The Morgan fingerprint density at radius 1 is 1.29 bits per heavy atom. The topological polar surface area (TPSA) is 85.5 Å². The van der Waals surface area contributed by atoms with Crippen LogP contribution in [0.2, 0.25) is 0 Å². The highest BCUT2D eigenvalue weighted by Crippen LogP contribution is 2.18. The highest BCUT2D eigenvalue weighted by molar-refractivity contribution is 5.81. The van der Waals surface area contributed by atoms with E-state index >= 15 is 0 Å². The van der Waals surface area contributed by atoms with Crippen molar-refractivity contribution in [2.45, 2.75) is 25.8 Å². The predicted molar refractivity (Wildman–Crippen MR) is 135 cm³/mol. The molecule has 0 saturated carbocycles. The van der Waals surface area contributed by atoms with Gasteiger partial charge in [-0.05, 0) is 52.6 Å². The molecule has 3 rings (SSSR count). The van der Waals surface area contributed by atoms with Gasteiger partial charge in [0.15, 0.2) is 11.5 Å². The van der Waals surface area contributed by atoms with Crippen LogP contribution in [0, 0.1) is 0 Å². The Morgan fingerprint density at radius 3 is 2.82 bits per heavy atom. The first-order valence-electron chi connectivity index (χ1n) is 12.0. The summed E-state index contributed by atoms with van der Waals surface area (Å²) >= 11 is 0. The second-order valence-corrected chi connectivity index (χ2v) is 9.06. The van der Waals surface area contributed by atoms with Crippen molar-refractivity contribution < 1.29 is 9.84 Å². The molecule has 0 spiro atoms. The average molecular weight is 473 g/mol. The smallest absolute Gasteiger partial charge is 0.224 e. The Morgan fingerprint density at radius 2 is 2.12 bits per heavy atom. The van der Waals surface area contributed by atoms with E-state index in [1.165, 1.54) is 5.57 Å². The minimum Gasteiger partial charge on any atom is -0.504 e. The largest absolute Gasteiger partial charge is 0.504 e. The Bertz CT molecular complexity index is 893. The molecule has 1 atom stereocenters. The van der Waals surface area contributed by atoms with Gasteiger partial charge >= 0.3 is 0 Å². The third kappa shape index (κ3) is 7.15. The van der Waals surface area contributed by atoms with E-state index in [0.717, 1.165) is 58.2 Å². The molecular weight excluding hydrogens is 432 g/mol. The van der Waals surface area contributed by atoms with E-state index < -0.39 is 0 Å². The molecule has 1 fully saturated rings. The SMILES string of the molecule is CCN=C(N(C)CN1CCN(C)CC1CCN(C)CC1=CC=C(O)C(OC)=CC1)n1cncn1. The van der Waals surface area contributed by atoms with Crippen LogP contribution < -0.4 is 0 Å². The zero-order valence-corrected chi connectivity index (χ0v) is 21.3. The van der Waals surface area contributed by atoms with Gasteiger partial charge in [-0.25, -0.2) is 4.98 Å². The monoisotopic (exact) mass is 472 g/mol. The van der Waals surface area contributed by atoms with Crippen LogP contribution in [-0.2, 0) is 4.74 Å². The van der Waals surface area contributed by atoms with E-state index in [0.29, 0.717) is 18.3 Å². The van der Waals surface area contributed by atoms with Gasteiger partial charge in [0.1, 0.15) is 12.7 Å². The summed E-state index contributed by atoms with van der Waals surface area (Å²) in [6, 6.07) is 0.453. The number of allylic oxidation sites excluding steroid dienone is 3. The Labute approximate surface area is 203 Å². The average Bonchev–Trinajstić information content (AvgIpc) is 3.29. The maximum Gasteiger partial charge on any atom is 0.224 e. The van der Waals surface area contributed by atoms with Crippen molar-refractivity contribution >= 4 is 5.96 Å². The first-order chi connectivity index (χ1) is 16.4. The van der Waals surface area contributed by atoms with Crippen LogP contribution in [0.1, 0.15) is 19.8 Å².